The fourth-order valence-corrected chi connectivity index (χ4v) is 2.46. The number of nitrogens with zero attached hydrogens (tertiary/aromatic N) is 5. The molecule has 1 aromatic carbocycles. The number of hydrogen-bond acceptors (Lipinski definition) is 6. The number of benzene rings is 1. The van der Waals surface area contributed by atoms with E-state index in [9.17, 15) is 4.39 Å². The van der Waals surface area contributed by atoms with Gasteiger partial charge in [-0.1, -0.05) is 11.6 Å². The van der Waals surface area contributed by atoms with Gasteiger partial charge in [0.05, 0.1) is 5.69 Å². The minimum Gasteiger partial charge on any atom is -0.490 e. The lowest BCUT2D eigenvalue weighted by molar-refractivity contribution is 0.262. The summed E-state index contributed by atoms with van der Waals surface area (Å²) in [4.78, 5) is 10.1. The van der Waals surface area contributed by atoms with Crippen molar-refractivity contribution < 1.29 is 9.13 Å². The minimum atomic E-state index is -0.547. The fraction of sp³-hybridized carbons (Fsp3) is 0.278. The quantitative estimate of drug-likeness (QED) is 0.624. The van der Waals surface area contributed by atoms with E-state index in [1.807, 2.05) is 25.1 Å². The van der Waals surface area contributed by atoms with Gasteiger partial charge >= 0.3 is 0 Å². The summed E-state index contributed by atoms with van der Waals surface area (Å²) >= 11 is 6.10. The molecule has 3 rings (SSSR count). The van der Waals surface area contributed by atoms with Gasteiger partial charge in [-0.2, -0.15) is 9.37 Å². The number of anilines is 2. The summed E-state index contributed by atoms with van der Waals surface area (Å²) in [7, 11) is 5.72. The summed E-state index contributed by atoms with van der Waals surface area (Å²) in [5, 5.41) is 8.13. The first kappa shape index (κ1) is 19.1. The number of nitrogens with one attached hydrogen (secondary N) is 1. The van der Waals surface area contributed by atoms with E-state index in [-0.39, 0.29) is 0 Å². The minimum absolute atomic E-state index is 0.441. The lowest BCUT2D eigenvalue weighted by atomic mass is 10.3. The van der Waals surface area contributed by atoms with Gasteiger partial charge in [-0.25, -0.2) is 9.67 Å². The van der Waals surface area contributed by atoms with Crippen molar-refractivity contribution in [2.75, 3.05) is 32.6 Å². The van der Waals surface area contributed by atoms with Crippen molar-refractivity contribution in [1.82, 2.24) is 24.6 Å². The highest BCUT2D eigenvalue weighted by atomic mass is 35.5. The zero-order chi connectivity index (χ0) is 19.4. The van der Waals surface area contributed by atoms with E-state index >= 15 is 0 Å². The lowest BCUT2D eigenvalue weighted by Gasteiger charge is -2.15. The van der Waals surface area contributed by atoms with Gasteiger partial charge in [0.1, 0.15) is 12.4 Å². The molecule has 0 aliphatic heterocycles. The van der Waals surface area contributed by atoms with Crippen LogP contribution in [0.1, 0.15) is 0 Å². The molecule has 0 aliphatic rings. The monoisotopic (exact) mass is 390 g/mol. The van der Waals surface area contributed by atoms with Crippen LogP contribution in [0.25, 0.3) is 11.4 Å². The Morgan fingerprint density at radius 1 is 1.26 bits per heavy atom. The summed E-state index contributed by atoms with van der Waals surface area (Å²) in [6, 6.07) is 8.19. The van der Waals surface area contributed by atoms with Gasteiger partial charge in [-0.3, -0.25) is 0 Å². The van der Waals surface area contributed by atoms with Crippen LogP contribution in [0, 0.1) is 5.95 Å². The van der Waals surface area contributed by atoms with E-state index in [1.54, 1.807) is 29.9 Å². The summed E-state index contributed by atoms with van der Waals surface area (Å²) < 4.78 is 20.4. The predicted octanol–water partition coefficient (Wildman–Crippen LogP) is 3.35. The van der Waals surface area contributed by atoms with E-state index in [4.69, 9.17) is 16.3 Å². The second kappa shape index (κ2) is 8.32. The Morgan fingerprint density at radius 3 is 2.78 bits per heavy atom. The molecule has 0 spiro atoms. The maximum Gasteiger partial charge on any atom is 0.226 e. The Bertz CT molecular complexity index is 913. The summed E-state index contributed by atoms with van der Waals surface area (Å²) in [5.74, 6) is 1.02. The molecule has 0 amide bonds. The smallest absolute Gasteiger partial charge is 0.226 e. The third-order valence-corrected chi connectivity index (χ3v) is 3.97. The van der Waals surface area contributed by atoms with E-state index in [0.717, 1.165) is 12.2 Å². The molecule has 142 valence electrons. The molecule has 9 heteroatoms. The Hall–Kier alpha value is -2.71. The zero-order valence-electron chi connectivity index (χ0n) is 15.3. The molecule has 2 heterocycles. The number of likely N-dealkylation sites (N-methyl/N-ethyl adjacent to an activating group) is 1. The molecular formula is C18H20ClFN6O. The van der Waals surface area contributed by atoms with Gasteiger partial charge in [-0.15, -0.1) is 5.10 Å². The standard InChI is InChI=1S/C18H20ClFN6O/c1-25(2)8-9-27-15-10-13(19)5-6-14(15)22-18-23-17(24-26(18)3)12-4-7-16(20)21-11-12/h4-7,10-11H,8-9H2,1-3H3,(H,22,23,24). The Labute approximate surface area is 161 Å². The molecule has 7 nitrogen and oxygen atoms in total. The van der Waals surface area contributed by atoms with Crippen LogP contribution in [0.15, 0.2) is 36.5 Å². The summed E-state index contributed by atoms with van der Waals surface area (Å²) in [6.45, 7) is 1.30. The second-order valence-corrected chi connectivity index (χ2v) is 6.61. The number of hydrogen-bond donors (Lipinski definition) is 1. The highest BCUT2D eigenvalue weighted by Crippen LogP contribution is 2.30. The zero-order valence-corrected chi connectivity index (χ0v) is 16.0. The van der Waals surface area contributed by atoms with Crippen LogP contribution in [0.5, 0.6) is 5.75 Å². The van der Waals surface area contributed by atoms with E-state index < -0.39 is 5.95 Å². The van der Waals surface area contributed by atoms with E-state index in [0.29, 0.717) is 34.7 Å². The van der Waals surface area contributed by atoms with Crippen LogP contribution in [0.2, 0.25) is 5.02 Å². The predicted molar refractivity (Wildman–Crippen MR) is 103 cm³/mol. The van der Waals surface area contributed by atoms with Gasteiger partial charge in [0.2, 0.25) is 11.9 Å². The molecule has 0 saturated carbocycles. The van der Waals surface area contributed by atoms with Crippen molar-refractivity contribution in [2.45, 2.75) is 0 Å². The Balaban J connectivity index is 1.81. The number of pyridine rings is 1. The highest BCUT2D eigenvalue weighted by molar-refractivity contribution is 6.30. The van der Waals surface area contributed by atoms with Crippen LogP contribution >= 0.6 is 11.6 Å². The SMILES string of the molecule is CN(C)CCOc1cc(Cl)ccc1Nc1nc(-c2ccc(F)nc2)nn1C. The fourth-order valence-electron chi connectivity index (χ4n) is 2.30. The van der Waals surface area contributed by atoms with E-state index in [2.05, 4.69) is 20.4 Å². The second-order valence-electron chi connectivity index (χ2n) is 6.17. The van der Waals surface area contributed by atoms with Crippen molar-refractivity contribution >= 4 is 23.2 Å². The molecule has 0 saturated heterocycles. The lowest BCUT2D eigenvalue weighted by Crippen LogP contribution is -2.19. The summed E-state index contributed by atoms with van der Waals surface area (Å²) in [6.07, 6.45) is 1.40. The maximum absolute atomic E-state index is 13.0. The number of rotatable bonds is 7. The molecule has 0 fully saturated rings. The van der Waals surface area contributed by atoms with Crippen LogP contribution in [-0.4, -0.2) is 51.9 Å². The molecule has 1 N–H and O–H groups in total. The van der Waals surface area contributed by atoms with Crippen LogP contribution in [0.3, 0.4) is 0 Å². The van der Waals surface area contributed by atoms with Gasteiger partial charge < -0.3 is 15.0 Å². The van der Waals surface area contributed by atoms with Crippen molar-refractivity contribution in [2.24, 2.45) is 7.05 Å². The van der Waals surface area contributed by atoms with Gasteiger partial charge in [0, 0.05) is 36.4 Å². The van der Waals surface area contributed by atoms with Crippen LogP contribution in [-0.2, 0) is 7.05 Å². The summed E-state index contributed by atoms with van der Waals surface area (Å²) in [5.41, 5.74) is 1.34. The number of ether oxygens (including phenoxy) is 1. The van der Waals surface area contributed by atoms with Crippen molar-refractivity contribution in [1.29, 1.82) is 0 Å². The van der Waals surface area contributed by atoms with Crippen molar-refractivity contribution in [3.8, 4) is 17.1 Å². The molecule has 27 heavy (non-hydrogen) atoms. The third kappa shape index (κ3) is 4.93. The average Bonchev–Trinajstić information content (AvgIpc) is 2.98. The van der Waals surface area contributed by atoms with Crippen LogP contribution in [0.4, 0.5) is 16.0 Å². The first-order chi connectivity index (χ1) is 12.9. The first-order valence-electron chi connectivity index (χ1n) is 8.29. The van der Waals surface area contributed by atoms with Crippen molar-refractivity contribution in [3.63, 3.8) is 0 Å². The van der Waals surface area contributed by atoms with Gasteiger partial charge in [-0.05, 0) is 38.4 Å². The normalized spacial score (nSPS) is 11.0. The number of halogens is 2. The third-order valence-electron chi connectivity index (χ3n) is 3.73. The van der Waals surface area contributed by atoms with Crippen molar-refractivity contribution in [3.05, 3.63) is 47.5 Å². The highest BCUT2D eigenvalue weighted by Gasteiger charge is 2.13. The number of aryl methyl sites for hydroxylation is 1. The first-order valence-corrected chi connectivity index (χ1v) is 8.67. The molecule has 2 aromatic heterocycles. The largest absolute Gasteiger partial charge is 0.490 e. The average molecular weight is 391 g/mol. The van der Waals surface area contributed by atoms with Crippen LogP contribution < -0.4 is 10.1 Å². The molecule has 0 aliphatic carbocycles. The Kier molecular flexibility index (Phi) is 5.88. The molecule has 0 bridgehead atoms. The molecule has 0 unspecified atom stereocenters. The Morgan fingerprint density at radius 2 is 2.07 bits per heavy atom. The van der Waals surface area contributed by atoms with E-state index in [1.165, 1.54) is 12.3 Å². The number of aromatic nitrogens is 4. The molecule has 0 radical (unpaired) electrons. The molecule has 3 aromatic rings. The topological polar surface area (TPSA) is 68.1 Å². The maximum atomic E-state index is 13.0. The molecule has 0 atom stereocenters. The van der Waals surface area contributed by atoms with Gasteiger partial charge in [0.25, 0.3) is 0 Å². The van der Waals surface area contributed by atoms with Gasteiger partial charge in [0.15, 0.2) is 5.82 Å². The molecular weight excluding hydrogens is 371 g/mol.